The molecule has 1 heterocycles. The SMILES string of the molecule is CCOC(=O)c1nnc(C)n1CC1(CC)CCCC1. The number of nitrogens with zero attached hydrogens (tertiary/aromatic N) is 3. The number of ether oxygens (including phenoxy) is 1. The first kappa shape index (κ1) is 14.0. The van der Waals surface area contributed by atoms with Crippen molar-refractivity contribution in [2.24, 2.45) is 5.41 Å². The fraction of sp³-hybridized carbons (Fsp3) is 0.786. The van der Waals surface area contributed by atoms with Crippen LogP contribution in [0.25, 0.3) is 0 Å². The van der Waals surface area contributed by atoms with Crippen LogP contribution in [-0.4, -0.2) is 27.3 Å². The molecule has 106 valence electrons. The second kappa shape index (κ2) is 5.72. The van der Waals surface area contributed by atoms with Crippen LogP contribution in [0.4, 0.5) is 0 Å². The second-order valence-electron chi connectivity index (χ2n) is 5.44. The summed E-state index contributed by atoms with van der Waals surface area (Å²) in [5.74, 6) is 0.772. The number of esters is 1. The minimum atomic E-state index is -0.368. The Morgan fingerprint density at radius 1 is 1.32 bits per heavy atom. The maximum Gasteiger partial charge on any atom is 0.376 e. The summed E-state index contributed by atoms with van der Waals surface area (Å²) in [6, 6.07) is 0. The van der Waals surface area contributed by atoms with Crippen molar-refractivity contribution in [3.05, 3.63) is 11.6 Å². The van der Waals surface area contributed by atoms with Crippen LogP contribution in [0.1, 0.15) is 62.4 Å². The van der Waals surface area contributed by atoms with E-state index in [9.17, 15) is 4.79 Å². The van der Waals surface area contributed by atoms with Crippen LogP contribution >= 0.6 is 0 Å². The van der Waals surface area contributed by atoms with E-state index < -0.39 is 0 Å². The first-order chi connectivity index (χ1) is 9.12. The van der Waals surface area contributed by atoms with Gasteiger partial charge in [-0.3, -0.25) is 0 Å². The van der Waals surface area contributed by atoms with E-state index >= 15 is 0 Å². The summed E-state index contributed by atoms with van der Waals surface area (Å²) in [5, 5.41) is 8.02. The number of hydrogen-bond donors (Lipinski definition) is 0. The Kier molecular flexibility index (Phi) is 4.22. The lowest BCUT2D eigenvalue weighted by molar-refractivity contribution is 0.0501. The van der Waals surface area contributed by atoms with Gasteiger partial charge in [0.2, 0.25) is 5.82 Å². The van der Waals surface area contributed by atoms with E-state index in [1.807, 2.05) is 11.5 Å². The molecule has 1 aromatic rings. The van der Waals surface area contributed by atoms with E-state index in [0.29, 0.717) is 17.8 Å². The molecule has 0 bridgehead atoms. The van der Waals surface area contributed by atoms with Crippen LogP contribution in [0, 0.1) is 12.3 Å². The van der Waals surface area contributed by atoms with E-state index in [0.717, 1.165) is 18.8 Å². The molecule has 1 aliphatic carbocycles. The Labute approximate surface area is 114 Å². The number of rotatable bonds is 5. The molecule has 0 unspecified atom stereocenters. The molecule has 19 heavy (non-hydrogen) atoms. The predicted molar refractivity (Wildman–Crippen MR) is 71.9 cm³/mol. The third-order valence-electron chi connectivity index (χ3n) is 4.30. The van der Waals surface area contributed by atoms with Crippen LogP contribution in [0.2, 0.25) is 0 Å². The monoisotopic (exact) mass is 265 g/mol. The van der Waals surface area contributed by atoms with E-state index in [4.69, 9.17) is 4.74 Å². The van der Waals surface area contributed by atoms with Gasteiger partial charge in [0.1, 0.15) is 5.82 Å². The Hall–Kier alpha value is -1.39. The highest BCUT2D eigenvalue weighted by atomic mass is 16.5. The average molecular weight is 265 g/mol. The van der Waals surface area contributed by atoms with Gasteiger partial charge in [-0.15, -0.1) is 10.2 Å². The topological polar surface area (TPSA) is 57.0 Å². The van der Waals surface area contributed by atoms with Gasteiger partial charge in [-0.2, -0.15) is 0 Å². The molecule has 0 atom stereocenters. The summed E-state index contributed by atoms with van der Waals surface area (Å²) < 4.78 is 6.99. The maximum atomic E-state index is 11.9. The van der Waals surface area contributed by atoms with E-state index in [2.05, 4.69) is 17.1 Å². The molecule has 1 saturated carbocycles. The molecule has 1 aromatic heterocycles. The summed E-state index contributed by atoms with van der Waals surface area (Å²) in [5.41, 5.74) is 0.300. The van der Waals surface area contributed by atoms with E-state index in [-0.39, 0.29) is 5.97 Å². The van der Waals surface area contributed by atoms with Gasteiger partial charge in [-0.1, -0.05) is 19.8 Å². The maximum absolute atomic E-state index is 11.9. The molecule has 0 radical (unpaired) electrons. The van der Waals surface area contributed by atoms with E-state index in [1.54, 1.807) is 6.92 Å². The Morgan fingerprint density at radius 3 is 2.58 bits per heavy atom. The quantitative estimate of drug-likeness (QED) is 0.768. The second-order valence-corrected chi connectivity index (χ2v) is 5.44. The smallest absolute Gasteiger partial charge is 0.376 e. The van der Waals surface area contributed by atoms with Crippen molar-refractivity contribution in [1.82, 2.24) is 14.8 Å². The van der Waals surface area contributed by atoms with Crippen molar-refractivity contribution in [2.75, 3.05) is 6.61 Å². The van der Waals surface area contributed by atoms with Crippen LogP contribution in [0.5, 0.6) is 0 Å². The predicted octanol–water partition coefficient (Wildman–Crippen LogP) is 2.73. The van der Waals surface area contributed by atoms with Crippen molar-refractivity contribution < 1.29 is 9.53 Å². The van der Waals surface area contributed by atoms with Gasteiger partial charge in [0.15, 0.2) is 0 Å². The molecule has 5 nitrogen and oxygen atoms in total. The van der Waals surface area contributed by atoms with Crippen molar-refractivity contribution >= 4 is 5.97 Å². The molecular weight excluding hydrogens is 242 g/mol. The zero-order valence-electron chi connectivity index (χ0n) is 12.1. The third-order valence-corrected chi connectivity index (χ3v) is 4.30. The van der Waals surface area contributed by atoms with Crippen LogP contribution in [-0.2, 0) is 11.3 Å². The van der Waals surface area contributed by atoms with Crippen molar-refractivity contribution in [2.45, 2.75) is 59.4 Å². The largest absolute Gasteiger partial charge is 0.460 e. The van der Waals surface area contributed by atoms with Crippen LogP contribution < -0.4 is 0 Å². The molecule has 0 aromatic carbocycles. The van der Waals surface area contributed by atoms with Gasteiger partial charge in [-0.05, 0) is 38.5 Å². The van der Waals surface area contributed by atoms with Gasteiger partial charge in [0, 0.05) is 6.54 Å². The summed E-state index contributed by atoms with van der Waals surface area (Å²) in [7, 11) is 0. The number of carbonyl (C=O) groups excluding carboxylic acids is 1. The highest BCUT2D eigenvalue weighted by Gasteiger charge is 2.34. The zero-order chi connectivity index (χ0) is 13.9. The molecule has 2 rings (SSSR count). The van der Waals surface area contributed by atoms with Gasteiger partial charge >= 0.3 is 5.97 Å². The van der Waals surface area contributed by atoms with Gasteiger partial charge in [0.25, 0.3) is 0 Å². The minimum absolute atomic E-state index is 0.300. The average Bonchev–Trinajstić information content (AvgIpc) is 2.99. The first-order valence-electron chi connectivity index (χ1n) is 7.19. The number of hydrogen-bond acceptors (Lipinski definition) is 4. The summed E-state index contributed by atoms with van der Waals surface area (Å²) in [6.07, 6.45) is 6.15. The molecule has 1 aliphatic rings. The van der Waals surface area contributed by atoms with Gasteiger partial charge in [0.05, 0.1) is 6.61 Å². The van der Waals surface area contributed by atoms with Crippen molar-refractivity contribution in [1.29, 1.82) is 0 Å². The number of aryl methyl sites for hydroxylation is 1. The minimum Gasteiger partial charge on any atom is -0.460 e. The fourth-order valence-corrected chi connectivity index (χ4v) is 3.00. The Balaban J connectivity index is 2.24. The lowest BCUT2D eigenvalue weighted by Crippen LogP contribution is -2.26. The van der Waals surface area contributed by atoms with Crippen molar-refractivity contribution in [3.8, 4) is 0 Å². The first-order valence-corrected chi connectivity index (χ1v) is 7.19. The Bertz CT molecular complexity index is 448. The third kappa shape index (κ3) is 2.80. The lowest BCUT2D eigenvalue weighted by Gasteiger charge is -2.28. The highest BCUT2D eigenvalue weighted by Crippen LogP contribution is 2.42. The molecule has 0 aliphatic heterocycles. The molecule has 0 N–H and O–H groups in total. The summed E-state index contributed by atoms with van der Waals surface area (Å²) >= 11 is 0. The van der Waals surface area contributed by atoms with Crippen LogP contribution in [0.15, 0.2) is 0 Å². The molecule has 0 amide bonds. The van der Waals surface area contributed by atoms with Gasteiger partial charge < -0.3 is 9.30 Å². The molecule has 0 saturated heterocycles. The molecule has 5 heteroatoms. The Morgan fingerprint density at radius 2 is 2.00 bits per heavy atom. The normalized spacial score (nSPS) is 17.6. The van der Waals surface area contributed by atoms with Crippen molar-refractivity contribution in [3.63, 3.8) is 0 Å². The number of aromatic nitrogens is 3. The zero-order valence-corrected chi connectivity index (χ0v) is 12.1. The van der Waals surface area contributed by atoms with E-state index in [1.165, 1.54) is 25.7 Å². The molecule has 0 spiro atoms. The lowest BCUT2D eigenvalue weighted by atomic mass is 9.83. The van der Waals surface area contributed by atoms with Crippen LogP contribution in [0.3, 0.4) is 0 Å². The molecule has 1 fully saturated rings. The van der Waals surface area contributed by atoms with Gasteiger partial charge in [-0.25, -0.2) is 4.79 Å². The fourth-order valence-electron chi connectivity index (χ4n) is 3.00. The highest BCUT2D eigenvalue weighted by molar-refractivity contribution is 5.85. The summed E-state index contributed by atoms with van der Waals surface area (Å²) in [6.45, 7) is 7.12. The number of carbonyl (C=O) groups is 1. The summed E-state index contributed by atoms with van der Waals surface area (Å²) in [4.78, 5) is 11.9. The standard InChI is InChI=1S/C14H23N3O2/c1-4-14(8-6-7-9-14)10-17-11(3)15-16-12(17)13(18)19-5-2/h4-10H2,1-3H3. The molecular formula is C14H23N3O2.